The minimum absolute atomic E-state index is 1.18. The first kappa shape index (κ1) is 11.7. The smallest absolute Gasteiger partial charge is 0.0262 e. The molecule has 0 spiro atoms. The maximum absolute atomic E-state index is 3.82. The number of rotatable bonds is 0. The standard InChI is InChI=1S/C18H17Br/c19-17-11-13-6-2-3-7-14(13)16-10-9-12-5-1-4-8-15(12)18(16)17/h2,6,9-11H,1,3-5,7-8H2. The van der Waals surface area contributed by atoms with Gasteiger partial charge in [0.2, 0.25) is 0 Å². The molecule has 96 valence electrons. The molecule has 19 heavy (non-hydrogen) atoms. The average molecular weight is 313 g/mol. The Morgan fingerprint density at radius 3 is 2.79 bits per heavy atom. The van der Waals surface area contributed by atoms with Crippen molar-refractivity contribution in [2.75, 3.05) is 0 Å². The van der Waals surface area contributed by atoms with Crippen molar-refractivity contribution in [2.45, 2.75) is 38.5 Å². The molecule has 0 aromatic heterocycles. The van der Waals surface area contributed by atoms with Crippen molar-refractivity contribution in [2.24, 2.45) is 0 Å². The molecule has 0 bridgehead atoms. The Kier molecular flexibility index (Phi) is 2.77. The van der Waals surface area contributed by atoms with E-state index in [1.807, 2.05) is 0 Å². The lowest BCUT2D eigenvalue weighted by atomic mass is 9.84. The summed E-state index contributed by atoms with van der Waals surface area (Å²) >= 11 is 3.82. The Balaban J connectivity index is 2.10. The van der Waals surface area contributed by atoms with Crippen molar-refractivity contribution in [1.82, 2.24) is 0 Å². The number of fused-ring (bicyclic) bond motifs is 5. The largest absolute Gasteiger partial charge is 0.0836 e. The van der Waals surface area contributed by atoms with Crippen molar-refractivity contribution in [3.05, 3.63) is 51.0 Å². The molecule has 2 aliphatic carbocycles. The van der Waals surface area contributed by atoms with E-state index in [4.69, 9.17) is 0 Å². The fraction of sp³-hybridized carbons (Fsp3) is 0.333. The van der Waals surface area contributed by atoms with Crippen LogP contribution in [0.2, 0.25) is 0 Å². The third-order valence-electron chi connectivity index (χ3n) is 4.59. The molecule has 2 aromatic rings. The van der Waals surface area contributed by atoms with Gasteiger partial charge in [0.15, 0.2) is 0 Å². The summed E-state index contributed by atoms with van der Waals surface area (Å²) in [5.41, 5.74) is 6.13. The molecule has 0 unspecified atom stereocenters. The lowest BCUT2D eigenvalue weighted by molar-refractivity contribution is 0.690. The van der Waals surface area contributed by atoms with E-state index in [1.54, 1.807) is 16.7 Å². The van der Waals surface area contributed by atoms with Crippen LogP contribution in [0.25, 0.3) is 16.8 Å². The summed E-state index contributed by atoms with van der Waals surface area (Å²) in [6, 6.07) is 7.06. The Bertz CT molecular complexity index is 695. The van der Waals surface area contributed by atoms with Crippen LogP contribution >= 0.6 is 15.9 Å². The van der Waals surface area contributed by atoms with E-state index < -0.39 is 0 Å². The molecule has 0 aliphatic heterocycles. The van der Waals surface area contributed by atoms with Gasteiger partial charge in [0.1, 0.15) is 0 Å². The third-order valence-corrected chi connectivity index (χ3v) is 5.21. The van der Waals surface area contributed by atoms with E-state index >= 15 is 0 Å². The van der Waals surface area contributed by atoms with Gasteiger partial charge in [0.05, 0.1) is 0 Å². The van der Waals surface area contributed by atoms with Crippen molar-refractivity contribution < 1.29 is 0 Å². The zero-order valence-electron chi connectivity index (χ0n) is 11.0. The monoisotopic (exact) mass is 312 g/mol. The Morgan fingerprint density at radius 1 is 0.947 bits per heavy atom. The molecule has 0 heterocycles. The maximum atomic E-state index is 3.82. The fourth-order valence-electron chi connectivity index (χ4n) is 3.67. The van der Waals surface area contributed by atoms with Gasteiger partial charge >= 0.3 is 0 Å². The van der Waals surface area contributed by atoms with Crippen LogP contribution in [0.15, 0.2) is 28.7 Å². The van der Waals surface area contributed by atoms with Gasteiger partial charge in [-0.2, -0.15) is 0 Å². The topological polar surface area (TPSA) is 0 Å². The van der Waals surface area contributed by atoms with Gasteiger partial charge in [0, 0.05) is 4.47 Å². The fourth-order valence-corrected chi connectivity index (χ4v) is 4.37. The number of hydrogen-bond donors (Lipinski definition) is 0. The van der Waals surface area contributed by atoms with E-state index in [-0.39, 0.29) is 0 Å². The van der Waals surface area contributed by atoms with Gasteiger partial charge in [-0.15, -0.1) is 0 Å². The van der Waals surface area contributed by atoms with E-state index in [9.17, 15) is 0 Å². The van der Waals surface area contributed by atoms with Crippen LogP contribution in [0, 0.1) is 0 Å². The molecule has 0 radical (unpaired) electrons. The van der Waals surface area contributed by atoms with E-state index in [0.717, 1.165) is 0 Å². The number of benzene rings is 2. The van der Waals surface area contributed by atoms with Crippen molar-refractivity contribution in [3.63, 3.8) is 0 Å². The molecule has 4 rings (SSSR count). The molecule has 0 amide bonds. The van der Waals surface area contributed by atoms with Gasteiger partial charge in [-0.3, -0.25) is 0 Å². The van der Waals surface area contributed by atoms with Gasteiger partial charge in [-0.25, -0.2) is 0 Å². The average Bonchev–Trinajstić information content (AvgIpc) is 2.46. The van der Waals surface area contributed by atoms with Crippen molar-refractivity contribution in [3.8, 4) is 0 Å². The quantitative estimate of drug-likeness (QED) is 0.607. The van der Waals surface area contributed by atoms with Gasteiger partial charge < -0.3 is 0 Å². The molecular formula is C18H17Br. The number of hydrogen-bond acceptors (Lipinski definition) is 0. The molecule has 1 heteroatoms. The van der Waals surface area contributed by atoms with Gasteiger partial charge in [-0.05, 0) is 77.6 Å². The van der Waals surface area contributed by atoms with Crippen LogP contribution in [0.3, 0.4) is 0 Å². The first-order chi connectivity index (χ1) is 9.34. The van der Waals surface area contributed by atoms with Crippen LogP contribution in [-0.4, -0.2) is 0 Å². The SMILES string of the molecule is Brc1cc2c(c3ccc4c(c13)CCCC4)CCC=C2. The summed E-state index contributed by atoms with van der Waals surface area (Å²) in [5, 5.41) is 2.97. The number of aryl methyl sites for hydroxylation is 3. The molecular weight excluding hydrogens is 296 g/mol. The van der Waals surface area contributed by atoms with Crippen molar-refractivity contribution in [1.29, 1.82) is 0 Å². The highest BCUT2D eigenvalue weighted by Crippen LogP contribution is 2.38. The highest BCUT2D eigenvalue weighted by Gasteiger charge is 2.18. The normalized spacial score (nSPS) is 17.3. The Labute approximate surface area is 122 Å². The zero-order chi connectivity index (χ0) is 12.8. The van der Waals surface area contributed by atoms with Crippen LogP contribution in [0.4, 0.5) is 0 Å². The molecule has 2 aliphatic rings. The zero-order valence-corrected chi connectivity index (χ0v) is 12.6. The lowest BCUT2D eigenvalue weighted by Crippen LogP contribution is -2.05. The molecule has 0 N–H and O–H groups in total. The lowest BCUT2D eigenvalue weighted by Gasteiger charge is -2.22. The molecule has 0 atom stereocenters. The minimum Gasteiger partial charge on any atom is -0.0836 e. The minimum atomic E-state index is 1.18. The van der Waals surface area contributed by atoms with E-state index in [1.165, 1.54) is 59.3 Å². The second kappa shape index (κ2) is 4.49. The second-order valence-electron chi connectivity index (χ2n) is 5.70. The van der Waals surface area contributed by atoms with Crippen LogP contribution < -0.4 is 0 Å². The second-order valence-corrected chi connectivity index (χ2v) is 6.55. The first-order valence-corrected chi connectivity index (χ1v) is 8.06. The molecule has 2 aromatic carbocycles. The summed E-state index contributed by atoms with van der Waals surface area (Å²) in [6.07, 6.45) is 12.1. The summed E-state index contributed by atoms with van der Waals surface area (Å²) in [5.74, 6) is 0. The van der Waals surface area contributed by atoms with Crippen LogP contribution in [0.5, 0.6) is 0 Å². The Hall–Kier alpha value is -1.08. The third kappa shape index (κ3) is 1.79. The van der Waals surface area contributed by atoms with Gasteiger partial charge in [-0.1, -0.05) is 40.2 Å². The predicted octanol–water partition coefficient (Wildman–Crippen LogP) is 5.44. The summed E-state index contributed by atoms with van der Waals surface area (Å²) in [6.45, 7) is 0. The van der Waals surface area contributed by atoms with E-state index in [2.05, 4.69) is 46.3 Å². The molecule has 0 fully saturated rings. The summed E-state index contributed by atoms with van der Waals surface area (Å²) < 4.78 is 1.28. The molecule has 0 saturated carbocycles. The van der Waals surface area contributed by atoms with Crippen LogP contribution in [-0.2, 0) is 19.3 Å². The summed E-state index contributed by atoms with van der Waals surface area (Å²) in [4.78, 5) is 0. The molecule has 0 nitrogen and oxygen atoms in total. The number of halogens is 1. The van der Waals surface area contributed by atoms with E-state index in [0.29, 0.717) is 0 Å². The highest BCUT2D eigenvalue weighted by molar-refractivity contribution is 9.10. The van der Waals surface area contributed by atoms with Crippen molar-refractivity contribution >= 4 is 32.8 Å². The highest BCUT2D eigenvalue weighted by atomic mass is 79.9. The first-order valence-electron chi connectivity index (χ1n) is 7.27. The molecule has 0 saturated heterocycles. The number of allylic oxidation sites excluding steroid dienone is 1. The van der Waals surface area contributed by atoms with Crippen LogP contribution in [0.1, 0.15) is 41.5 Å². The predicted molar refractivity (Wildman–Crippen MR) is 85.6 cm³/mol. The Morgan fingerprint density at radius 2 is 1.84 bits per heavy atom. The maximum Gasteiger partial charge on any atom is 0.0262 e. The summed E-state index contributed by atoms with van der Waals surface area (Å²) in [7, 11) is 0. The van der Waals surface area contributed by atoms with Gasteiger partial charge in [0.25, 0.3) is 0 Å².